The van der Waals surface area contributed by atoms with Gasteiger partial charge in [0.05, 0.1) is 12.6 Å². The molecule has 5 heteroatoms. The minimum atomic E-state index is -0.293. The van der Waals surface area contributed by atoms with Crippen molar-refractivity contribution in [3.63, 3.8) is 0 Å². The first kappa shape index (κ1) is 17.0. The maximum absolute atomic E-state index is 12.2. The van der Waals surface area contributed by atoms with Gasteiger partial charge in [-0.25, -0.2) is 0 Å². The smallest absolute Gasteiger partial charge is 0.323 e. The van der Waals surface area contributed by atoms with Crippen LogP contribution in [0.5, 0.6) is 0 Å². The molecule has 0 aromatic heterocycles. The Morgan fingerprint density at radius 1 is 1.30 bits per heavy atom. The van der Waals surface area contributed by atoms with Gasteiger partial charge in [0.1, 0.15) is 6.04 Å². The van der Waals surface area contributed by atoms with Crippen molar-refractivity contribution >= 4 is 11.9 Å². The highest BCUT2D eigenvalue weighted by Crippen LogP contribution is 2.21. The van der Waals surface area contributed by atoms with Gasteiger partial charge in [-0.05, 0) is 46.6 Å². The van der Waals surface area contributed by atoms with Crippen molar-refractivity contribution in [2.75, 3.05) is 13.2 Å². The molecule has 3 unspecified atom stereocenters. The number of carbonyl (C=O) groups excluding carboxylic acids is 2. The quantitative estimate of drug-likeness (QED) is 0.754. The monoisotopic (exact) mass is 284 g/mol. The highest BCUT2D eigenvalue weighted by molar-refractivity contribution is 5.83. The van der Waals surface area contributed by atoms with Gasteiger partial charge in [-0.2, -0.15) is 0 Å². The van der Waals surface area contributed by atoms with Crippen molar-refractivity contribution < 1.29 is 14.3 Å². The summed E-state index contributed by atoms with van der Waals surface area (Å²) in [5.74, 6) is -0.203. The van der Waals surface area contributed by atoms with Crippen LogP contribution in [0.25, 0.3) is 0 Å². The molecule has 1 fully saturated rings. The Bertz CT molecular complexity index is 333. The zero-order valence-electron chi connectivity index (χ0n) is 13.1. The summed E-state index contributed by atoms with van der Waals surface area (Å²) in [5.41, 5.74) is 0. The van der Waals surface area contributed by atoms with Crippen molar-refractivity contribution in [2.45, 2.75) is 71.5 Å². The predicted octanol–water partition coefficient (Wildman–Crippen LogP) is 1.71. The topological polar surface area (TPSA) is 58.6 Å². The minimum absolute atomic E-state index is 0.00412. The molecule has 1 amide bonds. The van der Waals surface area contributed by atoms with Crippen LogP contribution in [0.2, 0.25) is 0 Å². The molecule has 0 saturated carbocycles. The minimum Gasteiger partial charge on any atom is -0.465 e. The Labute approximate surface area is 122 Å². The van der Waals surface area contributed by atoms with E-state index in [1.54, 1.807) is 0 Å². The molecule has 3 atom stereocenters. The van der Waals surface area contributed by atoms with Gasteiger partial charge >= 0.3 is 5.97 Å². The van der Waals surface area contributed by atoms with Crippen LogP contribution >= 0.6 is 0 Å². The van der Waals surface area contributed by atoms with Crippen LogP contribution < -0.4 is 5.32 Å². The van der Waals surface area contributed by atoms with E-state index in [0.29, 0.717) is 6.61 Å². The number of piperidine rings is 1. The first-order chi connectivity index (χ1) is 9.51. The van der Waals surface area contributed by atoms with E-state index in [-0.39, 0.29) is 30.0 Å². The van der Waals surface area contributed by atoms with E-state index >= 15 is 0 Å². The van der Waals surface area contributed by atoms with E-state index in [1.807, 2.05) is 32.6 Å². The summed E-state index contributed by atoms with van der Waals surface area (Å²) in [5, 5.41) is 2.99. The van der Waals surface area contributed by atoms with Crippen molar-refractivity contribution in [3.05, 3.63) is 0 Å². The Morgan fingerprint density at radius 3 is 2.60 bits per heavy atom. The number of rotatable bonds is 6. The van der Waals surface area contributed by atoms with Gasteiger partial charge in [-0.3, -0.25) is 14.5 Å². The lowest BCUT2D eigenvalue weighted by molar-refractivity contribution is -0.153. The predicted molar refractivity (Wildman–Crippen MR) is 78.3 cm³/mol. The van der Waals surface area contributed by atoms with Crippen LogP contribution in [0.4, 0.5) is 0 Å². The number of likely N-dealkylation sites (tertiary alicyclic amines) is 1. The maximum Gasteiger partial charge on any atom is 0.323 e. The molecule has 0 aromatic carbocycles. The number of amides is 1. The van der Waals surface area contributed by atoms with Crippen LogP contribution in [0.3, 0.4) is 0 Å². The van der Waals surface area contributed by atoms with E-state index < -0.39 is 0 Å². The lowest BCUT2D eigenvalue weighted by atomic mass is 9.99. The molecule has 0 spiro atoms. The standard InChI is InChI=1S/C15H28N2O3/c1-5-11(3)16-14(18)12(4)17-10-8-7-9-13(17)15(19)20-6-2/h11-13H,5-10H2,1-4H3,(H,16,18). The number of nitrogens with one attached hydrogen (secondary N) is 1. The number of esters is 1. The van der Waals surface area contributed by atoms with Gasteiger partial charge < -0.3 is 10.1 Å². The molecule has 1 aliphatic heterocycles. The number of ether oxygens (including phenoxy) is 1. The number of nitrogens with zero attached hydrogens (tertiary/aromatic N) is 1. The van der Waals surface area contributed by atoms with Gasteiger partial charge in [-0.1, -0.05) is 13.3 Å². The lowest BCUT2D eigenvalue weighted by Crippen LogP contribution is -2.55. The summed E-state index contributed by atoms with van der Waals surface area (Å²) in [7, 11) is 0. The highest BCUT2D eigenvalue weighted by Gasteiger charge is 2.35. The number of hydrogen-bond donors (Lipinski definition) is 1. The molecule has 0 radical (unpaired) electrons. The number of carbonyl (C=O) groups is 2. The third kappa shape index (κ3) is 4.47. The zero-order valence-corrected chi connectivity index (χ0v) is 13.1. The van der Waals surface area contributed by atoms with Crippen molar-refractivity contribution in [1.82, 2.24) is 10.2 Å². The third-order valence-corrected chi connectivity index (χ3v) is 3.98. The van der Waals surface area contributed by atoms with E-state index in [0.717, 1.165) is 32.2 Å². The Balaban J connectivity index is 2.68. The fourth-order valence-corrected chi connectivity index (χ4v) is 2.53. The average molecular weight is 284 g/mol. The van der Waals surface area contributed by atoms with Crippen molar-refractivity contribution in [1.29, 1.82) is 0 Å². The fraction of sp³-hybridized carbons (Fsp3) is 0.867. The third-order valence-electron chi connectivity index (χ3n) is 3.98. The van der Waals surface area contributed by atoms with Gasteiger partial charge in [0.2, 0.25) is 5.91 Å². The second kappa shape index (κ2) is 8.25. The van der Waals surface area contributed by atoms with Crippen LogP contribution in [0, 0.1) is 0 Å². The fourth-order valence-electron chi connectivity index (χ4n) is 2.53. The molecule has 1 rings (SSSR count). The highest BCUT2D eigenvalue weighted by atomic mass is 16.5. The molecule has 0 bridgehead atoms. The van der Waals surface area contributed by atoms with Crippen molar-refractivity contribution in [3.8, 4) is 0 Å². The lowest BCUT2D eigenvalue weighted by Gasteiger charge is -2.37. The van der Waals surface area contributed by atoms with Crippen LogP contribution in [-0.2, 0) is 14.3 Å². The molecule has 20 heavy (non-hydrogen) atoms. The first-order valence-electron chi connectivity index (χ1n) is 7.74. The summed E-state index contributed by atoms with van der Waals surface area (Å²) in [6, 6.07) is -0.407. The van der Waals surface area contributed by atoms with Gasteiger partial charge in [0.25, 0.3) is 0 Å². The summed E-state index contributed by atoms with van der Waals surface area (Å²) < 4.78 is 5.13. The molecule has 5 nitrogen and oxygen atoms in total. The van der Waals surface area contributed by atoms with Crippen LogP contribution in [-0.4, -0.2) is 48.1 Å². The molecule has 1 aliphatic rings. The second-order valence-corrected chi connectivity index (χ2v) is 5.50. The second-order valence-electron chi connectivity index (χ2n) is 5.50. The molecule has 1 N–H and O–H groups in total. The molecule has 0 aliphatic carbocycles. The summed E-state index contributed by atoms with van der Waals surface area (Å²) >= 11 is 0. The largest absolute Gasteiger partial charge is 0.465 e. The Morgan fingerprint density at radius 2 is 2.00 bits per heavy atom. The zero-order chi connectivity index (χ0) is 15.1. The molecular formula is C15H28N2O3. The van der Waals surface area contributed by atoms with Gasteiger partial charge in [0, 0.05) is 6.04 Å². The maximum atomic E-state index is 12.2. The Kier molecular flexibility index (Phi) is 6.99. The number of hydrogen-bond acceptors (Lipinski definition) is 4. The van der Waals surface area contributed by atoms with Gasteiger partial charge in [-0.15, -0.1) is 0 Å². The SMILES string of the molecule is CCOC(=O)C1CCCCN1C(C)C(=O)NC(C)CC. The summed E-state index contributed by atoms with van der Waals surface area (Å²) in [4.78, 5) is 26.2. The normalized spacial score (nSPS) is 22.9. The van der Waals surface area contributed by atoms with E-state index in [9.17, 15) is 9.59 Å². The molecule has 0 aromatic rings. The van der Waals surface area contributed by atoms with Crippen LogP contribution in [0.15, 0.2) is 0 Å². The van der Waals surface area contributed by atoms with Crippen LogP contribution in [0.1, 0.15) is 53.4 Å². The van der Waals surface area contributed by atoms with E-state index in [2.05, 4.69) is 5.32 Å². The average Bonchev–Trinajstić information content (AvgIpc) is 2.46. The molecular weight excluding hydrogens is 256 g/mol. The Hall–Kier alpha value is -1.10. The summed E-state index contributed by atoms with van der Waals surface area (Å²) in [6.07, 6.45) is 3.72. The first-order valence-corrected chi connectivity index (χ1v) is 7.74. The molecule has 1 heterocycles. The summed E-state index contributed by atoms with van der Waals surface area (Å²) in [6.45, 7) is 8.87. The van der Waals surface area contributed by atoms with Crippen molar-refractivity contribution in [2.24, 2.45) is 0 Å². The molecule has 116 valence electrons. The molecule has 1 saturated heterocycles. The van der Waals surface area contributed by atoms with E-state index in [1.165, 1.54) is 0 Å². The van der Waals surface area contributed by atoms with Gasteiger partial charge in [0.15, 0.2) is 0 Å². The van der Waals surface area contributed by atoms with E-state index in [4.69, 9.17) is 4.74 Å².